The quantitative estimate of drug-likeness (QED) is 0.0296. The summed E-state index contributed by atoms with van der Waals surface area (Å²) in [7, 11) is 2.86. The molecule has 546 valence electrons. The number of amides is 5. The lowest BCUT2D eigenvalue weighted by Crippen LogP contribution is -2.55. The fourth-order valence-electron chi connectivity index (χ4n) is 15.9. The van der Waals surface area contributed by atoms with E-state index in [1.807, 2.05) is 60.4 Å². The molecule has 4 saturated heterocycles. The largest absolute Gasteiger partial charge is 0.507 e. The van der Waals surface area contributed by atoms with Gasteiger partial charge in [0.2, 0.25) is 29.4 Å². The van der Waals surface area contributed by atoms with Crippen molar-refractivity contribution < 1.29 is 96.2 Å². The third kappa shape index (κ3) is 14.9. The lowest BCUT2D eigenvalue weighted by atomic mass is 9.65. The molecule has 102 heavy (non-hydrogen) atoms. The Balaban J connectivity index is 0.480. The highest BCUT2D eigenvalue weighted by molar-refractivity contribution is 6.31. The van der Waals surface area contributed by atoms with E-state index in [0.29, 0.717) is 64.9 Å². The Morgan fingerprint density at radius 3 is 2.12 bits per heavy atom. The highest BCUT2D eigenvalue weighted by Crippen LogP contribution is 2.54. The zero-order valence-electron chi connectivity index (χ0n) is 57.6. The fraction of sp³-hybridized carbons (Fsp3) is 0.548. The van der Waals surface area contributed by atoms with Crippen LogP contribution < -0.4 is 25.6 Å². The molecule has 5 amide bonds. The molecule has 8 unspecified atom stereocenters. The normalized spacial score (nSPS) is 24.2. The van der Waals surface area contributed by atoms with Gasteiger partial charge in [0.25, 0.3) is 5.91 Å². The van der Waals surface area contributed by atoms with E-state index < -0.39 is 108 Å². The number of aromatic hydroxyl groups is 2. The van der Waals surface area contributed by atoms with Crippen molar-refractivity contribution in [3.05, 3.63) is 106 Å². The molecule has 29 nitrogen and oxygen atoms in total. The number of anilines is 1. The number of piperidine rings is 1. The minimum Gasteiger partial charge on any atom is -0.507 e. The molecule has 6 heterocycles. The third-order valence-corrected chi connectivity index (χ3v) is 21.3. The van der Waals surface area contributed by atoms with E-state index in [-0.39, 0.29) is 122 Å². The zero-order valence-corrected chi connectivity index (χ0v) is 57.6. The van der Waals surface area contributed by atoms with Crippen LogP contribution in [0.2, 0.25) is 0 Å². The van der Waals surface area contributed by atoms with Gasteiger partial charge in [-0.15, -0.1) is 0 Å². The van der Waals surface area contributed by atoms with Gasteiger partial charge in [-0.2, -0.15) is 15.4 Å². The predicted molar refractivity (Wildman–Crippen MR) is 362 cm³/mol. The minimum atomic E-state index is -2.39. The summed E-state index contributed by atoms with van der Waals surface area (Å²) in [6.07, 6.45) is 0.116. The summed E-state index contributed by atoms with van der Waals surface area (Å²) in [5, 5.41) is 56.4. The number of para-hydroxylation sites is 1. The second-order valence-corrected chi connectivity index (χ2v) is 27.3. The van der Waals surface area contributed by atoms with Crippen molar-refractivity contribution in [2.24, 2.45) is 11.3 Å². The number of aliphatic hydroxyl groups is 1. The van der Waals surface area contributed by atoms with Gasteiger partial charge in [-0.05, 0) is 68.6 Å². The molecular weight excluding hydrogens is 1320 g/mol. The molecule has 0 bridgehead atoms. The van der Waals surface area contributed by atoms with E-state index in [2.05, 4.69) is 36.3 Å². The van der Waals surface area contributed by atoms with Crippen molar-refractivity contribution in [2.75, 3.05) is 118 Å². The number of ketones is 2. The SMILES string of the molecule is COc1cccc2c1C(=O)c1c(O)c3c(c(O)c1C2=O)CC(O)(C(=O)NCC(=O)NCCOCCOCCOCCOCCC(=O)N1CCC2(CCC(C(=O)NCCC(=O)N4Cc5ccccc5-c5n[nH]nc5-c5ccccc54)CC2)CC1)CC3OC1CC2C(OC3C(OC)OCCN23)C(C)O1. The molecule has 29 heteroatoms. The lowest BCUT2D eigenvalue weighted by Gasteiger charge is -2.45. The molecule has 1 spiro atoms. The summed E-state index contributed by atoms with van der Waals surface area (Å²) in [6.45, 7) is 6.33. The maximum absolute atomic E-state index is 14.3. The molecule has 1 aromatic heterocycles. The smallest absolute Gasteiger partial charge is 0.252 e. The lowest BCUT2D eigenvalue weighted by molar-refractivity contribution is -0.256. The van der Waals surface area contributed by atoms with Gasteiger partial charge in [-0.1, -0.05) is 54.6 Å². The number of H-pyrrole nitrogens is 1. The van der Waals surface area contributed by atoms with Crippen molar-refractivity contribution >= 4 is 46.8 Å². The first kappa shape index (κ1) is 72.0. The van der Waals surface area contributed by atoms with Crippen LogP contribution in [-0.2, 0) is 79.6 Å². The Bertz CT molecular complexity index is 3930. The molecule has 5 aliphatic heterocycles. The Hall–Kier alpha value is -8.33. The predicted octanol–water partition coefficient (Wildman–Crippen LogP) is 4.14. The van der Waals surface area contributed by atoms with E-state index in [9.17, 15) is 48.9 Å². The summed E-state index contributed by atoms with van der Waals surface area (Å²) >= 11 is 0. The van der Waals surface area contributed by atoms with Crippen molar-refractivity contribution in [1.82, 2.24) is 41.2 Å². The van der Waals surface area contributed by atoms with Gasteiger partial charge in [-0.25, -0.2) is 0 Å². The van der Waals surface area contributed by atoms with Crippen LogP contribution in [0, 0.1) is 11.3 Å². The second-order valence-electron chi connectivity index (χ2n) is 27.3. The van der Waals surface area contributed by atoms with Gasteiger partial charge in [-0.3, -0.25) is 38.5 Å². The molecule has 4 aromatic carbocycles. The summed E-state index contributed by atoms with van der Waals surface area (Å²) in [4.78, 5) is 102. The number of hydrogen-bond donors (Lipinski definition) is 7. The topological polar surface area (TPSA) is 360 Å². The molecular formula is C73H89N9O20. The Morgan fingerprint density at radius 1 is 0.706 bits per heavy atom. The molecule has 8 atom stereocenters. The number of methoxy groups -OCH3 is 2. The van der Waals surface area contributed by atoms with Gasteiger partial charge < -0.3 is 88.4 Å². The number of aromatic amines is 1. The van der Waals surface area contributed by atoms with Crippen molar-refractivity contribution in [1.29, 1.82) is 0 Å². The van der Waals surface area contributed by atoms with Crippen LogP contribution in [0.15, 0.2) is 66.7 Å². The van der Waals surface area contributed by atoms with Crippen LogP contribution in [0.1, 0.15) is 126 Å². The fourth-order valence-corrected chi connectivity index (χ4v) is 15.9. The highest BCUT2D eigenvalue weighted by Gasteiger charge is 2.56. The third-order valence-electron chi connectivity index (χ3n) is 21.3. The van der Waals surface area contributed by atoms with Gasteiger partial charge in [0, 0.05) is 105 Å². The molecule has 8 aliphatic rings. The number of fused-ring (bicyclic) bond motifs is 11. The van der Waals surface area contributed by atoms with Crippen molar-refractivity contribution in [2.45, 2.75) is 133 Å². The zero-order chi connectivity index (χ0) is 71.2. The average molecular weight is 1410 g/mol. The molecule has 3 aliphatic carbocycles. The number of rotatable bonds is 26. The van der Waals surface area contributed by atoms with E-state index in [1.54, 1.807) is 4.90 Å². The number of hydrogen-bond acceptors (Lipinski definition) is 23. The van der Waals surface area contributed by atoms with E-state index in [1.165, 1.54) is 32.4 Å². The first-order valence-corrected chi connectivity index (χ1v) is 35.2. The van der Waals surface area contributed by atoms with E-state index in [4.69, 9.17) is 47.4 Å². The van der Waals surface area contributed by atoms with Crippen molar-refractivity contribution in [3.8, 4) is 39.8 Å². The summed E-state index contributed by atoms with van der Waals surface area (Å²) in [6, 6.07) is 19.7. The van der Waals surface area contributed by atoms with Crippen LogP contribution in [0.25, 0.3) is 22.5 Å². The van der Waals surface area contributed by atoms with Gasteiger partial charge >= 0.3 is 0 Å². The van der Waals surface area contributed by atoms with Gasteiger partial charge in [0.1, 0.15) is 40.3 Å². The number of carbonyl (C=O) groups is 7. The van der Waals surface area contributed by atoms with Crippen LogP contribution in [0.4, 0.5) is 5.69 Å². The Labute approximate surface area is 589 Å². The number of ether oxygens (including phenoxy) is 10. The molecule has 13 rings (SSSR count). The first-order valence-electron chi connectivity index (χ1n) is 35.2. The molecule has 5 fully saturated rings. The summed E-state index contributed by atoms with van der Waals surface area (Å²) in [5.41, 5.74) is 1.09. The van der Waals surface area contributed by atoms with E-state index >= 15 is 0 Å². The number of nitrogens with one attached hydrogen (secondary N) is 4. The number of nitrogens with zero attached hydrogens (tertiary/aromatic N) is 5. The number of benzene rings is 4. The number of likely N-dealkylation sites (tertiary alicyclic amines) is 1. The average Bonchev–Trinajstić information content (AvgIpc) is 0.922. The molecule has 7 N–H and O–H groups in total. The van der Waals surface area contributed by atoms with Gasteiger partial charge in [0.15, 0.2) is 24.6 Å². The van der Waals surface area contributed by atoms with Crippen LogP contribution in [0.5, 0.6) is 17.2 Å². The molecule has 5 aromatic rings. The standard InChI is InChI=1S/C73H89N9O20/c1-42-67-50(81-27-30-99-70(94-3)69(81)102-67)37-56(100-42)101-52-39-73(92,38-48-58(52)66(89)60-59(64(48)87)63(86)47-12-8-14-51(93-2)57(47)65(60)88)71(91)76-40-53(83)74-24-29-96-32-34-98-36-35-97-33-31-95-28-18-54(84)80-25-21-72(22-26-80)19-15-43(16-20-72)68(90)75-23-17-55(85)82-41-44-9-4-5-10-45(44)61-62(78-79-77-61)46-11-6-7-13-49(46)82/h4-14,42-43,50,52,56,67,69-70,87,89,92H,15-41H2,1-3H3,(H,74,83)(H,75,90)(H,76,91)(H,77,78,79). The molecule has 1 saturated carbocycles. The van der Waals surface area contributed by atoms with Crippen molar-refractivity contribution in [3.63, 3.8) is 0 Å². The summed E-state index contributed by atoms with van der Waals surface area (Å²) < 4.78 is 58.6. The van der Waals surface area contributed by atoms with Crippen LogP contribution in [-0.4, -0.2) is 237 Å². The molecule has 0 radical (unpaired) electrons. The van der Waals surface area contributed by atoms with Crippen LogP contribution in [0.3, 0.4) is 0 Å². The summed E-state index contributed by atoms with van der Waals surface area (Å²) in [5.74, 6) is -4.67. The number of phenols is 2. The van der Waals surface area contributed by atoms with Crippen LogP contribution >= 0.6 is 0 Å². The first-order chi connectivity index (χ1) is 49.5. The second kappa shape index (κ2) is 31.7. The Kier molecular flexibility index (Phi) is 22.4. The maximum Gasteiger partial charge on any atom is 0.252 e. The number of aromatic nitrogens is 3. The minimum absolute atomic E-state index is 0.0138. The number of morpholine rings is 1. The maximum atomic E-state index is 14.3. The number of carbonyl (C=O) groups excluding carboxylic acids is 7. The van der Waals surface area contributed by atoms with E-state index in [0.717, 1.165) is 66.6 Å². The monoisotopic (exact) mass is 1410 g/mol. The van der Waals surface area contributed by atoms with Gasteiger partial charge in [0.05, 0.1) is 121 Å². The number of phenolic OH excluding ortho intramolecular Hbond substituents is 2. The Morgan fingerprint density at radius 2 is 1.38 bits per heavy atom. The highest BCUT2D eigenvalue weighted by atomic mass is 16.7.